The van der Waals surface area contributed by atoms with Crippen molar-refractivity contribution in [2.45, 2.75) is 39.4 Å². The highest BCUT2D eigenvalue weighted by molar-refractivity contribution is 4.83. The number of nitrogens with one attached hydrogen (secondary N) is 1. The molecule has 2 unspecified atom stereocenters. The van der Waals surface area contributed by atoms with Crippen LogP contribution in [-0.2, 0) is 0 Å². The van der Waals surface area contributed by atoms with Crippen molar-refractivity contribution in [3.8, 4) is 0 Å². The van der Waals surface area contributed by atoms with Crippen molar-refractivity contribution in [3.05, 3.63) is 0 Å². The van der Waals surface area contributed by atoms with E-state index in [4.69, 9.17) is 0 Å². The summed E-state index contributed by atoms with van der Waals surface area (Å²) in [4.78, 5) is 2.00. The quantitative estimate of drug-likeness (QED) is 0.830. The summed E-state index contributed by atoms with van der Waals surface area (Å²) in [6, 6.07) is 0.250. The SMILES string of the molecule is CCC(C(C)C)N1CCNCC(C(F)(F)F)C1. The summed E-state index contributed by atoms with van der Waals surface area (Å²) in [5.74, 6) is -0.843. The minimum Gasteiger partial charge on any atom is -0.315 e. The minimum absolute atomic E-state index is 0.0501. The van der Waals surface area contributed by atoms with Crippen LogP contribution in [0.1, 0.15) is 27.2 Å². The van der Waals surface area contributed by atoms with Crippen molar-refractivity contribution in [1.82, 2.24) is 10.2 Å². The van der Waals surface area contributed by atoms with E-state index < -0.39 is 12.1 Å². The van der Waals surface area contributed by atoms with Crippen LogP contribution in [0, 0.1) is 11.8 Å². The zero-order valence-corrected chi connectivity index (χ0v) is 10.8. The molecule has 0 aromatic heterocycles. The van der Waals surface area contributed by atoms with Crippen LogP contribution in [0.25, 0.3) is 0 Å². The van der Waals surface area contributed by atoms with Crippen molar-refractivity contribution in [3.63, 3.8) is 0 Å². The number of nitrogens with zero attached hydrogens (tertiary/aromatic N) is 1. The van der Waals surface area contributed by atoms with Gasteiger partial charge < -0.3 is 5.32 Å². The predicted octanol–water partition coefficient (Wildman–Crippen LogP) is 2.50. The molecular weight excluding hydrogens is 229 g/mol. The molecule has 1 heterocycles. The molecule has 0 spiro atoms. The van der Waals surface area contributed by atoms with Crippen LogP contribution >= 0.6 is 0 Å². The molecule has 0 amide bonds. The Bertz CT molecular complexity index is 228. The summed E-state index contributed by atoms with van der Waals surface area (Å²) >= 11 is 0. The van der Waals surface area contributed by atoms with E-state index >= 15 is 0 Å². The molecule has 1 saturated heterocycles. The Balaban J connectivity index is 2.71. The van der Waals surface area contributed by atoms with Gasteiger partial charge in [0.15, 0.2) is 0 Å². The first-order valence-corrected chi connectivity index (χ1v) is 6.37. The second kappa shape index (κ2) is 6.05. The van der Waals surface area contributed by atoms with Crippen LogP contribution in [0.5, 0.6) is 0 Å². The minimum atomic E-state index is -4.09. The van der Waals surface area contributed by atoms with Crippen molar-refractivity contribution in [1.29, 1.82) is 0 Å². The third-order valence-corrected chi connectivity index (χ3v) is 3.54. The molecule has 1 rings (SSSR count). The third-order valence-electron chi connectivity index (χ3n) is 3.54. The highest BCUT2D eigenvalue weighted by Gasteiger charge is 2.42. The number of hydrogen-bond donors (Lipinski definition) is 1. The molecule has 0 aromatic rings. The molecule has 0 bridgehead atoms. The molecule has 1 N–H and O–H groups in total. The molecule has 0 aliphatic carbocycles. The third kappa shape index (κ3) is 4.14. The van der Waals surface area contributed by atoms with Crippen LogP contribution in [0.15, 0.2) is 0 Å². The summed E-state index contributed by atoms with van der Waals surface area (Å²) in [5.41, 5.74) is 0. The monoisotopic (exact) mass is 252 g/mol. The lowest BCUT2D eigenvalue weighted by Gasteiger charge is -2.34. The van der Waals surface area contributed by atoms with Gasteiger partial charge >= 0.3 is 6.18 Å². The molecule has 2 atom stereocenters. The average Bonchev–Trinajstić information content (AvgIpc) is 2.43. The first-order chi connectivity index (χ1) is 7.86. The number of hydrogen-bond acceptors (Lipinski definition) is 2. The van der Waals surface area contributed by atoms with Crippen LogP contribution in [0.2, 0.25) is 0 Å². The van der Waals surface area contributed by atoms with Gasteiger partial charge in [-0.2, -0.15) is 13.2 Å². The van der Waals surface area contributed by atoms with Gasteiger partial charge in [-0.05, 0) is 12.3 Å². The zero-order valence-electron chi connectivity index (χ0n) is 10.8. The molecular formula is C12H23F3N2. The normalized spacial score (nSPS) is 25.9. The highest BCUT2D eigenvalue weighted by Crippen LogP contribution is 2.29. The Hall–Kier alpha value is -0.290. The standard InChI is InChI=1S/C12H23F3N2/c1-4-11(9(2)3)17-6-5-16-7-10(8-17)12(13,14)15/h9-11,16H,4-8H2,1-3H3. The summed E-state index contributed by atoms with van der Waals surface area (Å²) in [6.45, 7) is 7.75. The van der Waals surface area contributed by atoms with Gasteiger partial charge in [0.2, 0.25) is 0 Å². The van der Waals surface area contributed by atoms with Crippen LogP contribution in [-0.4, -0.2) is 43.3 Å². The Morgan fingerprint density at radius 2 is 2.00 bits per heavy atom. The molecule has 5 heteroatoms. The van der Waals surface area contributed by atoms with E-state index in [1.807, 2.05) is 11.8 Å². The van der Waals surface area contributed by atoms with Crippen LogP contribution in [0.3, 0.4) is 0 Å². The van der Waals surface area contributed by atoms with E-state index in [0.717, 1.165) is 6.42 Å². The van der Waals surface area contributed by atoms with Crippen LogP contribution in [0.4, 0.5) is 13.2 Å². The van der Waals surface area contributed by atoms with Gasteiger partial charge in [-0.1, -0.05) is 20.8 Å². The van der Waals surface area contributed by atoms with E-state index in [2.05, 4.69) is 19.2 Å². The lowest BCUT2D eigenvalue weighted by atomic mass is 9.98. The predicted molar refractivity (Wildman–Crippen MR) is 62.9 cm³/mol. The molecule has 102 valence electrons. The van der Waals surface area contributed by atoms with Gasteiger partial charge in [0.25, 0.3) is 0 Å². The number of rotatable bonds is 3. The summed E-state index contributed by atoms with van der Waals surface area (Å²) in [6.07, 6.45) is -3.19. The molecule has 1 fully saturated rings. The lowest BCUT2D eigenvalue weighted by molar-refractivity contribution is -0.177. The number of alkyl halides is 3. The summed E-state index contributed by atoms with van der Waals surface area (Å²) in [5, 5.41) is 2.89. The molecule has 0 aromatic carbocycles. The maximum absolute atomic E-state index is 12.8. The van der Waals surface area contributed by atoms with Crippen molar-refractivity contribution in [2.24, 2.45) is 11.8 Å². The maximum Gasteiger partial charge on any atom is 0.394 e. The smallest absolute Gasteiger partial charge is 0.315 e. The fourth-order valence-electron chi connectivity index (χ4n) is 2.61. The van der Waals surface area contributed by atoms with Crippen molar-refractivity contribution >= 4 is 0 Å². The van der Waals surface area contributed by atoms with E-state index in [1.54, 1.807) is 0 Å². The second-order valence-corrected chi connectivity index (χ2v) is 5.16. The van der Waals surface area contributed by atoms with E-state index in [-0.39, 0.29) is 19.1 Å². The van der Waals surface area contributed by atoms with Gasteiger partial charge in [0.1, 0.15) is 0 Å². The van der Waals surface area contributed by atoms with Gasteiger partial charge in [0.05, 0.1) is 5.92 Å². The van der Waals surface area contributed by atoms with Crippen molar-refractivity contribution in [2.75, 3.05) is 26.2 Å². The molecule has 0 saturated carbocycles. The average molecular weight is 252 g/mol. The summed E-state index contributed by atoms with van der Waals surface area (Å²) in [7, 11) is 0. The molecule has 1 aliphatic rings. The molecule has 17 heavy (non-hydrogen) atoms. The highest BCUT2D eigenvalue weighted by atomic mass is 19.4. The maximum atomic E-state index is 12.8. The number of halogens is 3. The fraction of sp³-hybridized carbons (Fsp3) is 1.00. The first kappa shape index (κ1) is 14.8. The topological polar surface area (TPSA) is 15.3 Å². The molecule has 0 radical (unpaired) electrons. The van der Waals surface area contributed by atoms with Crippen LogP contribution < -0.4 is 5.32 Å². The van der Waals surface area contributed by atoms with Gasteiger partial charge in [-0.25, -0.2) is 0 Å². The summed E-state index contributed by atoms with van der Waals surface area (Å²) < 4.78 is 38.4. The Labute approximate surface area is 102 Å². The first-order valence-electron chi connectivity index (χ1n) is 6.37. The largest absolute Gasteiger partial charge is 0.394 e. The second-order valence-electron chi connectivity index (χ2n) is 5.16. The Kier molecular flexibility index (Phi) is 5.25. The van der Waals surface area contributed by atoms with Crippen molar-refractivity contribution < 1.29 is 13.2 Å². The lowest BCUT2D eigenvalue weighted by Crippen LogP contribution is -2.44. The van der Waals surface area contributed by atoms with Gasteiger partial charge in [0, 0.05) is 32.2 Å². The fourth-order valence-corrected chi connectivity index (χ4v) is 2.61. The molecule has 1 aliphatic heterocycles. The van der Waals surface area contributed by atoms with E-state index in [0.29, 0.717) is 19.0 Å². The zero-order chi connectivity index (χ0) is 13.1. The molecule has 2 nitrogen and oxygen atoms in total. The Morgan fingerprint density at radius 1 is 1.35 bits per heavy atom. The van der Waals surface area contributed by atoms with E-state index in [1.165, 1.54) is 0 Å². The Morgan fingerprint density at radius 3 is 2.47 bits per heavy atom. The van der Waals surface area contributed by atoms with Gasteiger partial charge in [-0.15, -0.1) is 0 Å². The van der Waals surface area contributed by atoms with E-state index in [9.17, 15) is 13.2 Å². The van der Waals surface area contributed by atoms with Gasteiger partial charge in [-0.3, -0.25) is 4.90 Å².